The van der Waals surface area contributed by atoms with Gasteiger partial charge in [0.25, 0.3) is 0 Å². The highest BCUT2D eigenvalue weighted by molar-refractivity contribution is 9.10. The van der Waals surface area contributed by atoms with Gasteiger partial charge in [-0.25, -0.2) is 0 Å². The molecule has 0 radical (unpaired) electrons. The number of rotatable bonds is 0. The Kier molecular flexibility index (Phi) is 2.70. The number of phenolic OH excluding ortho intramolecular Hbond substituents is 3. The van der Waals surface area contributed by atoms with E-state index in [1.54, 1.807) is 0 Å². The number of halogens is 1. The molecule has 2 aromatic rings. The minimum atomic E-state index is -0.961. The lowest BCUT2D eigenvalue weighted by Crippen LogP contribution is -1.92. The summed E-state index contributed by atoms with van der Waals surface area (Å²) in [7, 11) is 0. The molecule has 94 valence electrons. The van der Waals surface area contributed by atoms with Gasteiger partial charge < -0.3 is 25.5 Å². The minimum absolute atomic E-state index is 0.0295. The number of hydrogen-bond donors (Lipinski definition) is 5. The van der Waals surface area contributed by atoms with Crippen LogP contribution in [-0.4, -0.2) is 25.5 Å². The first-order chi connectivity index (χ1) is 8.36. The van der Waals surface area contributed by atoms with E-state index in [1.165, 1.54) is 6.07 Å². The number of aromatic hydroxyl groups is 5. The van der Waals surface area contributed by atoms with Crippen LogP contribution in [0.2, 0.25) is 0 Å². The highest BCUT2D eigenvalue weighted by Gasteiger charge is 2.20. The Balaban J connectivity index is 3.24. The average molecular weight is 315 g/mol. The molecule has 0 unspecified atom stereocenters. The summed E-state index contributed by atoms with van der Waals surface area (Å²) in [6, 6.07) is 2.14. The average Bonchev–Trinajstić information content (AvgIpc) is 2.46. The van der Waals surface area contributed by atoms with Crippen LogP contribution in [0.3, 0.4) is 0 Å². The van der Waals surface area contributed by atoms with Gasteiger partial charge in [0.05, 0.1) is 9.86 Å². The molecule has 0 bridgehead atoms. The van der Waals surface area contributed by atoms with Crippen LogP contribution >= 0.6 is 15.9 Å². The third-order valence-electron chi connectivity index (χ3n) is 2.49. The Morgan fingerprint density at radius 3 is 1.94 bits per heavy atom. The van der Waals surface area contributed by atoms with Crippen LogP contribution in [-0.2, 0) is 0 Å². The van der Waals surface area contributed by atoms with Gasteiger partial charge in [-0.2, -0.15) is 0 Å². The number of benzene rings is 1. The van der Waals surface area contributed by atoms with E-state index in [0.717, 1.165) is 6.07 Å². The normalized spacial score (nSPS) is 10.7. The van der Waals surface area contributed by atoms with E-state index in [9.17, 15) is 30.3 Å². The summed E-state index contributed by atoms with van der Waals surface area (Å²) in [6.07, 6.45) is 0. The lowest BCUT2D eigenvalue weighted by Gasteiger charge is -2.07. The summed E-state index contributed by atoms with van der Waals surface area (Å²) in [5.41, 5.74) is -0.867. The van der Waals surface area contributed by atoms with E-state index >= 15 is 0 Å². The molecule has 0 fully saturated rings. The Hall–Kier alpha value is -2.15. The first kappa shape index (κ1) is 12.3. The molecule has 0 aliphatic rings. The van der Waals surface area contributed by atoms with Crippen molar-refractivity contribution in [1.29, 1.82) is 0 Å². The smallest absolute Gasteiger partial charge is 0.224 e. The topological polar surface area (TPSA) is 118 Å². The molecule has 0 aliphatic carbocycles. The van der Waals surface area contributed by atoms with E-state index in [1.807, 2.05) is 0 Å². The fourth-order valence-corrected chi connectivity index (χ4v) is 2.09. The second-order valence-electron chi connectivity index (χ2n) is 3.54. The van der Waals surface area contributed by atoms with Gasteiger partial charge in [0.15, 0.2) is 17.2 Å². The summed E-state index contributed by atoms with van der Waals surface area (Å²) in [6.45, 7) is 0. The molecular weight excluding hydrogens is 308 g/mol. The van der Waals surface area contributed by atoms with E-state index in [2.05, 4.69) is 15.9 Å². The van der Waals surface area contributed by atoms with Crippen LogP contribution in [0.25, 0.3) is 10.8 Å². The second-order valence-corrected chi connectivity index (χ2v) is 4.34. The zero-order valence-electron chi connectivity index (χ0n) is 8.68. The number of phenols is 3. The zero-order valence-corrected chi connectivity index (χ0v) is 10.3. The van der Waals surface area contributed by atoms with Gasteiger partial charge in [-0.1, -0.05) is 0 Å². The fourth-order valence-electron chi connectivity index (χ4n) is 1.57. The van der Waals surface area contributed by atoms with E-state index in [4.69, 9.17) is 0 Å². The standard InChI is InChI=1S/C11H7BrO6/c12-6-3-1-2-4(13)7(14)8(15)5(3)9(16)11(18)10(6)17/h1-2,16-18H,(H2,13,14,15). The van der Waals surface area contributed by atoms with Gasteiger partial charge >= 0.3 is 0 Å². The maximum absolute atomic E-state index is 11.3. The Morgan fingerprint density at radius 2 is 1.33 bits per heavy atom. The van der Waals surface area contributed by atoms with Crippen molar-refractivity contribution >= 4 is 26.7 Å². The highest BCUT2D eigenvalue weighted by Crippen LogP contribution is 2.50. The van der Waals surface area contributed by atoms with Gasteiger partial charge in [-0.05, 0) is 28.1 Å². The fraction of sp³-hybridized carbons (Fsp3) is 0. The summed E-state index contributed by atoms with van der Waals surface area (Å²) in [5, 5.41) is 47.4. The van der Waals surface area contributed by atoms with Gasteiger partial charge in [0, 0.05) is 5.39 Å². The molecule has 0 saturated heterocycles. The van der Waals surface area contributed by atoms with E-state index in [-0.39, 0.29) is 15.2 Å². The van der Waals surface area contributed by atoms with Crippen LogP contribution in [0.1, 0.15) is 0 Å². The van der Waals surface area contributed by atoms with Gasteiger partial charge in [0.2, 0.25) is 16.9 Å². The third kappa shape index (κ3) is 1.52. The lowest BCUT2D eigenvalue weighted by molar-refractivity contribution is 0.367. The third-order valence-corrected chi connectivity index (χ3v) is 3.30. The van der Waals surface area contributed by atoms with Crippen molar-refractivity contribution in [2.45, 2.75) is 0 Å². The predicted molar refractivity (Wildman–Crippen MR) is 66.2 cm³/mol. The molecule has 2 aromatic carbocycles. The van der Waals surface area contributed by atoms with Crippen molar-refractivity contribution in [2.24, 2.45) is 0 Å². The van der Waals surface area contributed by atoms with Crippen LogP contribution in [0.5, 0.6) is 28.7 Å². The van der Waals surface area contributed by atoms with Crippen molar-refractivity contribution in [2.75, 3.05) is 0 Å². The molecule has 6 nitrogen and oxygen atoms in total. The van der Waals surface area contributed by atoms with Crippen molar-refractivity contribution in [1.82, 2.24) is 0 Å². The second kappa shape index (κ2) is 3.95. The summed E-state index contributed by atoms with van der Waals surface area (Å²) in [5.74, 6) is -4.19. The quantitative estimate of drug-likeness (QED) is 0.470. The molecule has 18 heavy (non-hydrogen) atoms. The molecule has 0 atom stereocenters. The molecule has 0 amide bonds. The molecular formula is C11H7BrO6. The minimum Gasteiger partial charge on any atom is -0.504 e. The SMILES string of the molecule is O=c1ccc2c(Br)c(O)c(O)c(O)c2c(O)c1O. The first-order valence-electron chi connectivity index (χ1n) is 4.67. The maximum Gasteiger partial charge on any atom is 0.224 e. The summed E-state index contributed by atoms with van der Waals surface area (Å²) >= 11 is 2.95. The maximum atomic E-state index is 11.3. The molecule has 7 heteroatoms. The van der Waals surface area contributed by atoms with Crippen molar-refractivity contribution < 1.29 is 25.5 Å². The summed E-state index contributed by atoms with van der Waals surface area (Å²) < 4.78 is -0.0295. The van der Waals surface area contributed by atoms with Crippen LogP contribution in [0, 0.1) is 0 Å². The van der Waals surface area contributed by atoms with Crippen molar-refractivity contribution in [3.63, 3.8) is 0 Å². The Labute approximate surface area is 108 Å². The highest BCUT2D eigenvalue weighted by atomic mass is 79.9. The van der Waals surface area contributed by atoms with E-state index < -0.39 is 34.2 Å². The molecule has 0 saturated carbocycles. The monoisotopic (exact) mass is 314 g/mol. The molecule has 0 aliphatic heterocycles. The largest absolute Gasteiger partial charge is 0.504 e. The van der Waals surface area contributed by atoms with Crippen LogP contribution in [0.15, 0.2) is 21.4 Å². The lowest BCUT2D eigenvalue weighted by atomic mass is 10.1. The number of hydrogen-bond acceptors (Lipinski definition) is 6. The van der Waals surface area contributed by atoms with Gasteiger partial charge in [-0.15, -0.1) is 0 Å². The number of fused-ring (bicyclic) bond motifs is 1. The van der Waals surface area contributed by atoms with Gasteiger partial charge in [-0.3, -0.25) is 4.79 Å². The summed E-state index contributed by atoms with van der Waals surface area (Å²) in [4.78, 5) is 11.3. The van der Waals surface area contributed by atoms with Crippen LogP contribution in [0.4, 0.5) is 0 Å². The molecule has 0 spiro atoms. The molecule has 0 heterocycles. The van der Waals surface area contributed by atoms with Crippen molar-refractivity contribution in [3.8, 4) is 28.7 Å². The van der Waals surface area contributed by atoms with E-state index in [0.29, 0.717) is 0 Å². The molecule has 2 rings (SSSR count). The first-order valence-corrected chi connectivity index (χ1v) is 5.46. The van der Waals surface area contributed by atoms with Crippen molar-refractivity contribution in [3.05, 3.63) is 26.8 Å². The van der Waals surface area contributed by atoms with Crippen LogP contribution < -0.4 is 5.43 Å². The Bertz CT molecular complexity index is 725. The van der Waals surface area contributed by atoms with Gasteiger partial charge in [0.1, 0.15) is 0 Å². The zero-order chi connectivity index (χ0) is 13.6. The molecule has 0 aromatic heterocycles. The predicted octanol–water partition coefficient (Wildman–Crippen LogP) is 1.49. The Morgan fingerprint density at radius 1 is 0.778 bits per heavy atom. The molecule has 5 N–H and O–H groups in total.